The fourth-order valence-electron chi connectivity index (χ4n) is 1.27. The van der Waals surface area contributed by atoms with E-state index in [1.807, 2.05) is 18.2 Å². The Kier molecular flexibility index (Phi) is 5.60. The van der Waals surface area contributed by atoms with Gasteiger partial charge in [0.2, 0.25) is 0 Å². The summed E-state index contributed by atoms with van der Waals surface area (Å²) in [5.74, 6) is 0. The van der Waals surface area contributed by atoms with Gasteiger partial charge < -0.3 is 11.1 Å². The van der Waals surface area contributed by atoms with Crippen LogP contribution >= 0.6 is 11.6 Å². The van der Waals surface area contributed by atoms with Crippen molar-refractivity contribution < 1.29 is 0 Å². The molecule has 3 heteroatoms. The number of hydrogen-bond acceptors (Lipinski definition) is 2. The van der Waals surface area contributed by atoms with E-state index in [2.05, 4.69) is 11.4 Å². The molecule has 0 saturated heterocycles. The van der Waals surface area contributed by atoms with Gasteiger partial charge in [0.15, 0.2) is 0 Å². The van der Waals surface area contributed by atoms with Crippen molar-refractivity contribution in [1.29, 1.82) is 0 Å². The van der Waals surface area contributed by atoms with Crippen LogP contribution in [-0.2, 0) is 6.54 Å². The van der Waals surface area contributed by atoms with Crippen molar-refractivity contribution >= 4 is 11.6 Å². The molecule has 14 heavy (non-hydrogen) atoms. The second-order valence-corrected chi connectivity index (χ2v) is 3.74. The molecule has 0 fully saturated rings. The lowest BCUT2D eigenvalue weighted by molar-refractivity contribution is 0.627. The van der Waals surface area contributed by atoms with E-state index in [1.165, 1.54) is 5.56 Å². The Morgan fingerprint density at radius 1 is 1.29 bits per heavy atom. The third-order valence-corrected chi connectivity index (χ3v) is 2.26. The van der Waals surface area contributed by atoms with Gasteiger partial charge in [-0.3, -0.25) is 0 Å². The van der Waals surface area contributed by atoms with Gasteiger partial charge in [-0.1, -0.05) is 23.7 Å². The molecule has 3 N–H and O–H groups in total. The van der Waals surface area contributed by atoms with Gasteiger partial charge in [-0.15, -0.1) is 0 Å². The zero-order valence-corrected chi connectivity index (χ0v) is 9.06. The van der Waals surface area contributed by atoms with Crippen molar-refractivity contribution in [3.05, 3.63) is 34.9 Å². The Hall–Kier alpha value is -0.570. The molecule has 0 aromatic heterocycles. The van der Waals surface area contributed by atoms with E-state index < -0.39 is 0 Å². The van der Waals surface area contributed by atoms with Crippen LogP contribution in [0.15, 0.2) is 24.3 Å². The Labute approximate surface area is 90.4 Å². The minimum atomic E-state index is 0.777. The van der Waals surface area contributed by atoms with Crippen molar-refractivity contribution in [2.24, 2.45) is 5.73 Å². The minimum Gasteiger partial charge on any atom is -0.330 e. The Bertz CT molecular complexity index is 263. The predicted molar refractivity (Wildman–Crippen MR) is 61.4 cm³/mol. The molecule has 1 rings (SSSR count). The predicted octanol–water partition coefficient (Wildman–Crippen LogP) is 2.17. The Morgan fingerprint density at radius 3 is 2.86 bits per heavy atom. The van der Waals surface area contributed by atoms with Crippen LogP contribution in [0.5, 0.6) is 0 Å². The molecule has 0 aliphatic rings. The third-order valence-electron chi connectivity index (χ3n) is 2.03. The molecule has 0 amide bonds. The SMILES string of the molecule is NCCCCNCc1cccc(Cl)c1. The lowest BCUT2D eigenvalue weighted by Crippen LogP contribution is -2.15. The van der Waals surface area contributed by atoms with E-state index in [9.17, 15) is 0 Å². The van der Waals surface area contributed by atoms with E-state index in [4.69, 9.17) is 17.3 Å². The average molecular weight is 213 g/mol. The van der Waals surface area contributed by atoms with Gasteiger partial charge in [0.1, 0.15) is 0 Å². The average Bonchev–Trinajstić information content (AvgIpc) is 2.18. The maximum absolute atomic E-state index is 5.86. The molecule has 0 aliphatic heterocycles. The molecular weight excluding hydrogens is 196 g/mol. The standard InChI is InChI=1S/C11H17ClN2/c12-11-5-3-4-10(8-11)9-14-7-2-1-6-13/h3-5,8,14H,1-2,6-7,9,13H2. The van der Waals surface area contributed by atoms with Crippen LogP contribution in [0.1, 0.15) is 18.4 Å². The number of nitrogens with one attached hydrogen (secondary N) is 1. The highest BCUT2D eigenvalue weighted by atomic mass is 35.5. The van der Waals surface area contributed by atoms with E-state index in [0.717, 1.165) is 37.5 Å². The second kappa shape index (κ2) is 6.82. The first kappa shape index (κ1) is 11.5. The molecule has 78 valence electrons. The molecule has 1 aromatic carbocycles. The molecule has 0 heterocycles. The molecule has 0 atom stereocenters. The zero-order chi connectivity index (χ0) is 10.2. The molecule has 0 aliphatic carbocycles. The quantitative estimate of drug-likeness (QED) is 0.710. The number of unbranched alkanes of at least 4 members (excludes halogenated alkanes) is 1. The van der Waals surface area contributed by atoms with Crippen LogP contribution in [0.3, 0.4) is 0 Å². The highest BCUT2D eigenvalue weighted by molar-refractivity contribution is 6.30. The van der Waals surface area contributed by atoms with E-state index in [1.54, 1.807) is 0 Å². The molecule has 0 bridgehead atoms. The van der Waals surface area contributed by atoms with Crippen LogP contribution in [0, 0.1) is 0 Å². The molecule has 0 spiro atoms. The van der Waals surface area contributed by atoms with Crippen LogP contribution in [0.4, 0.5) is 0 Å². The van der Waals surface area contributed by atoms with Crippen molar-refractivity contribution in [1.82, 2.24) is 5.32 Å². The van der Waals surface area contributed by atoms with E-state index in [0.29, 0.717) is 0 Å². The second-order valence-electron chi connectivity index (χ2n) is 3.30. The highest BCUT2D eigenvalue weighted by Crippen LogP contribution is 2.10. The van der Waals surface area contributed by atoms with Crippen molar-refractivity contribution in [2.75, 3.05) is 13.1 Å². The highest BCUT2D eigenvalue weighted by Gasteiger charge is 1.93. The van der Waals surface area contributed by atoms with E-state index >= 15 is 0 Å². The first-order chi connectivity index (χ1) is 6.83. The normalized spacial score (nSPS) is 10.4. The molecule has 0 saturated carbocycles. The van der Waals surface area contributed by atoms with E-state index in [-0.39, 0.29) is 0 Å². The summed E-state index contributed by atoms with van der Waals surface area (Å²) in [6.45, 7) is 2.67. The van der Waals surface area contributed by atoms with Gasteiger partial charge in [-0.2, -0.15) is 0 Å². The van der Waals surface area contributed by atoms with Crippen molar-refractivity contribution in [3.63, 3.8) is 0 Å². The Balaban J connectivity index is 2.18. The van der Waals surface area contributed by atoms with Crippen molar-refractivity contribution in [3.8, 4) is 0 Å². The maximum atomic E-state index is 5.86. The van der Waals surface area contributed by atoms with Gasteiger partial charge in [-0.25, -0.2) is 0 Å². The van der Waals surface area contributed by atoms with Gasteiger partial charge in [0.05, 0.1) is 0 Å². The van der Waals surface area contributed by atoms with Crippen LogP contribution in [0.2, 0.25) is 5.02 Å². The monoisotopic (exact) mass is 212 g/mol. The summed E-state index contributed by atoms with van der Waals surface area (Å²) in [5, 5.41) is 4.15. The molecule has 1 aromatic rings. The summed E-state index contributed by atoms with van der Waals surface area (Å²) in [7, 11) is 0. The summed E-state index contributed by atoms with van der Waals surface area (Å²) in [5.41, 5.74) is 6.62. The minimum absolute atomic E-state index is 0.777. The first-order valence-electron chi connectivity index (χ1n) is 4.98. The summed E-state index contributed by atoms with van der Waals surface area (Å²) in [6.07, 6.45) is 2.22. The summed E-state index contributed by atoms with van der Waals surface area (Å²) in [6, 6.07) is 7.91. The molecule has 2 nitrogen and oxygen atoms in total. The summed E-state index contributed by atoms with van der Waals surface area (Å²) < 4.78 is 0. The molecule has 0 radical (unpaired) electrons. The van der Waals surface area contributed by atoms with Crippen molar-refractivity contribution in [2.45, 2.75) is 19.4 Å². The number of rotatable bonds is 6. The number of halogens is 1. The number of hydrogen-bond donors (Lipinski definition) is 2. The fraction of sp³-hybridized carbons (Fsp3) is 0.455. The lowest BCUT2D eigenvalue weighted by atomic mass is 10.2. The maximum Gasteiger partial charge on any atom is 0.0409 e. The topological polar surface area (TPSA) is 38.0 Å². The number of nitrogens with two attached hydrogens (primary N) is 1. The lowest BCUT2D eigenvalue weighted by Gasteiger charge is -2.04. The van der Waals surface area contributed by atoms with Crippen LogP contribution in [-0.4, -0.2) is 13.1 Å². The largest absolute Gasteiger partial charge is 0.330 e. The third kappa shape index (κ3) is 4.61. The number of benzene rings is 1. The zero-order valence-electron chi connectivity index (χ0n) is 8.30. The Morgan fingerprint density at radius 2 is 2.14 bits per heavy atom. The van der Waals surface area contributed by atoms with Crippen LogP contribution in [0.25, 0.3) is 0 Å². The van der Waals surface area contributed by atoms with Gasteiger partial charge in [0, 0.05) is 11.6 Å². The van der Waals surface area contributed by atoms with Gasteiger partial charge in [-0.05, 0) is 43.6 Å². The summed E-state index contributed by atoms with van der Waals surface area (Å²) in [4.78, 5) is 0. The fourth-order valence-corrected chi connectivity index (χ4v) is 1.49. The van der Waals surface area contributed by atoms with Crippen LogP contribution < -0.4 is 11.1 Å². The molecule has 0 unspecified atom stereocenters. The van der Waals surface area contributed by atoms with Gasteiger partial charge in [0.25, 0.3) is 0 Å². The summed E-state index contributed by atoms with van der Waals surface area (Å²) >= 11 is 5.86. The molecular formula is C11H17ClN2. The first-order valence-corrected chi connectivity index (χ1v) is 5.36. The van der Waals surface area contributed by atoms with Gasteiger partial charge >= 0.3 is 0 Å². The smallest absolute Gasteiger partial charge is 0.0409 e.